The van der Waals surface area contributed by atoms with E-state index in [0.29, 0.717) is 12.1 Å². The molecule has 39 heavy (non-hydrogen) atoms. The molecule has 210 valence electrons. The summed E-state index contributed by atoms with van der Waals surface area (Å²) < 4.78 is 15.1. The Morgan fingerprint density at radius 1 is 1.05 bits per heavy atom. The van der Waals surface area contributed by atoms with Gasteiger partial charge in [0.05, 0.1) is 18.3 Å². The van der Waals surface area contributed by atoms with Crippen molar-refractivity contribution in [3.63, 3.8) is 0 Å². The number of anilines is 1. The van der Waals surface area contributed by atoms with E-state index >= 15 is 4.39 Å². The van der Waals surface area contributed by atoms with Crippen LogP contribution >= 0.6 is 0 Å². The molecule has 3 N–H and O–H groups in total. The number of nitrogens with one attached hydrogen (secondary N) is 3. The predicted octanol–water partition coefficient (Wildman–Crippen LogP) is 5.03. The third-order valence-electron chi connectivity index (χ3n) is 7.58. The van der Waals surface area contributed by atoms with Crippen LogP contribution < -0.4 is 16.0 Å². The molecule has 1 atom stereocenters. The smallest absolute Gasteiger partial charge is 0.243 e. The van der Waals surface area contributed by atoms with Crippen LogP contribution in [0.15, 0.2) is 85.4 Å². The Morgan fingerprint density at radius 3 is 2.33 bits per heavy atom. The Labute approximate surface area is 233 Å². The van der Waals surface area contributed by atoms with Crippen LogP contribution in [0.4, 0.5) is 10.1 Å². The fraction of sp³-hybridized carbons (Fsp3) is 0.406. The van der Waals surface area contributed by atoms with Crippen LogP contribution in [-0.4, -0.2) is 61.5 Å². The van der Waals surface area contributed by atoms with Crippen LogP contribution in [0.25, 0.3) is 0 Å². The second kappa shape index (κ2) is 13.5. The molecular weight excluding hydrogens is 489 g/mol. The van der Waals surface area contributed by atoms with Crippen LogP contribution in [0.1, 0.15) is 38.3 Å². The topological polar surface area (TPSA) is 59.6 Å². The van der Waals surface area contributed by atoms with Gasteiger partial charge in [0.1, 0.15) is 5.82 Å². The molecule has 0 spiro atoms. The van der Waals surface area contributed by atoms with Crippen molar-refractivity contribution in [2.24, 2.45) is 0 Å². The standard InChI is InChI=1S/C32H44FN5O/c1-8-23(2)35-30(24(3)38-18-16-37(7)17-19-38)21-26-14-15-29(28(33)20-26)36-31(39)22-34-25(4)32(5,6)27-12-10-9-11-13-27/h9-15,20,30,34-35H,2-4,8,16-19,21-22H2,1,5-7H3,(H,36,39). The van der Waals surface area contributed by atoms with Gasteiger partial charge in [-0.3, -0.25) is 4.79 Å². The molecule has 1 fully saturated rings. The summed E-state index contributed by atoms with van der Waals surface area (Å²) in [4.78, 5) is 17.2. The highest BCUT2D eigenvalue weighted by molar-refractivity contribution is 5.92. The first-order valence-electron chi connectivity index (χ1n) is 13.6. The first kappa shape index (κ1) is 30.0. The van der Waals surface area contributed by atoms with Gasteiger partial charge in [-0.2, -0.15) is 0 Å². The van der Waals surface area contributed by atoms with E-state index in [1.54, 1.807) is 6.07 Å². The number of likely N-dealkylation sites (N-methyl/N-ethyl adjacent to an activating group) is 1. The van der Waals surface area contributed by atoms with E-state index in [0.717, 1.165) is 55.1 Å². The molecule has 2 aromatic carbocycles. The van der Waals surface area contributed by atoms with E-state index in [1.807, 2.05) is 50.2 Å². The Balaban J connectivity index is 1.60. The highest BCUT2D eigenvalue weighted by Gasteiger charge is 2.25. The van der Waals surface area contributed by atoms with Gasteiger partial charge in [-0.05, 0) is 43.1 Å². The molecule has 2 aromatic rings. The average molecular weight is 534 g/mol. The Bertz CT molecular complexity index is 1170. The predicted molar refractivity (Wildman–Crippen MR) is 160 cm³/mol. The molecule has 1 aliphatic heterocycles. The minimum atomic E-state index is -0.470. The van der Waals surface area contributed by atoms with Gasteiger partial charge in [0, 0.05) is 48.7 Å². The van der Waals surface area contributed by atoms with Crippen LogP contribution in [0.5, 0.6) is 0 Å². The summed E-state index contributed by atoms with van der Waals surface area (Å²) in [5.41, 5.74) is 4.32. The molecule has 1 amide bonds. The molecule has 0 aliphatic carbocycles. The lowest BCUT2D eigenvalue weighted by Gasteiger charge is -2.38. The van der Waals surface area contributed by atoms with Crippen molar-refractivity contribution in [1.82, 2.24) is 20.4 Å². The molecule has 0 aromatic heterocycles. The molecule has 0 radical (unpaired) electrons. The number of carbonyl (C=O) groups is 1. The summed E-state index contributed by atoms with van der Waals surface area (Å²) in [5.74, 6) is -0.809. The van der Waals surface area contributed by atoms with Gasteiger partial charge in [-0.15, -0.1) is 0 Å². The highest BCUT2D eigenvalue weighted by Crippen LogP contribution is 2.28. The molecule has 1 unspecified atom stereocenters. The lowest BCUT2D eigenvalue weighted by molar-refractivity contribution is -0.115. The van der Waals surface area contributed by atoms with Gasteiger partial charge in [0.15, 0.2) is 0 Å². The minimum absolute atomic E-state index is 0.00768. The zero-order chi connectivity index (χ0) is 28.6. The van der Waals surface area contributed by atoms with Gasteiger partial charge < -0.3 is 25.8 Å². The number of hydrogen-bond donors (Lipinski definition) is 3. The molecule has 1 saturated heterocycles. The molecule has 0 saturated carbocycles. The average Bonchev–Trinajstić information content (AvgIpc) is 2.93. The minimum Gasteiger partial charge on any atom is -0.380 e. The van der Waals surface area contributed by atoms with Gasteiger partial charge in [-0.25, -0.2) is 4.39 Å². The molecule has 3 rings (SSSR count). The number of rotatable bonds is 13. The summed E-state index contributed by atoms with van der Waals surface area (Å²) in [6.45, 7) is 22.5. The molecular formula is C32H44FN5O. The summed E-state index contributed by atoms with van der Waals surface area (Å²) in [6, 6.07) is 14.8. The zero-order valence-corrected chi connectivity index (χ0v) is 23.9. The number of allylic oxidation sites excluding steroid dienone is 2. The fourth-order valence-electron chi connectivity index (χ4n) is 4.57. The lowest BCUT2D eigenvalue weighted by atomic mass is 9.82. The van der Waals surface area contributed by atoms with E-state index < -0.39 is 5.82 Å². The van der Waals surface area contributed by atoms with Crippen molar-refractivity contribution < 1.29 is 9.18 Å². The van der Waals surface area contributed by atoms with Crippen LogP contribution in [0.3, 0.4) is 0 Å². The maximum atomic E-state index is 15.1. The first-order chi connectivity index (χ1) is 18.5. The summed E-state index contributed by atoms with van der Waals surface area (Å²) in [7, 11) is 2.12. The Hall–Kier alpha value is -3.58. The van der Waals surface area contributed by atoms with E-state index in [4.69, 9.17) is 0 Å². The van der Waals surface area contributed by atoms with Crippen LogP contribution in [0, 0.1) is 5.82 Å². The molecule has 1 heterocycles. The summed E-state index contributed by atoms with van der Waals surface area (Å²) >= 11 is 0. The number of piperazine rings is 1. The molecule has 1 aliphatic rings. The zero-order valence-electron chi connectivity index (χ0n) is 23.9. The van der Waals surface area contributed by atoms with Crippen molar-refractivity contribution in [3.05, 3.63) is 102 Å². The second-order valence-electron chi connectivity index (χ2n) is 10.8. The quantitative estimate of drug-likeness (QED) is 0.337. The third kappa shape index (κ3) is 8.20. The largest absolute Gasteiger partial charge is 0.380 e. The van der Waals surface area contributed by atoms with E-state index in [9.17, 15) is 4.79 Å². The normalized spacial score (nSPS) is 14.8. The molecule has 6 nitrogen and oxygen atoms in total. The number of amides is 1. The number of nitrogens with zero attached hydrogens (tertiary/aromatic N) is 2. The van der Waals surface area contributed by atoms with Crippen molar-refractivity contribution in [3.8, 4) is 0 Å². The van der Waals surface area contributed by atoms with E-state index in [2.05, 4.69) is 59.5 Å². The maximum Gasteiger partial charge on any atom is 0.243 e. The molecule has 0 bridgehead atoms. The third-order valence-corrected chi connectivity index (χ3v) is 7.58. The van der Waals surface area contributed by atoms with Crippen molar-refractivity contribution in [2.45, 2.75) is 45.1 Å². The number of benzene rings is 2. The monoisotopic (exact) mass is 533 g/mol. The van der Waals surface area contributed by atoms with E-state index in [-0.39, 0.29) is 29.6 Å². The van der Waals surface area contributed by atoms with E-state index in [1.165, 1.54) is 6.07 Å². The Morgan fingerprint density at radius 2 is 1.72 bits per heavy atom. The van der Waals surface area contributed by atoms with Gasteiger partial charge >= 0.3 is 0 Å². The Kier molecular flexibility index (Phi) is 10.4. The summed E-state index contributed by atoms with van der Waals surface area (Å²) in [5, 5.41) is 9.27. The summed E-state index contributed by atoms with van der Waals surface area (Å²) in [6.07, 6.45) is 1.36. The van der Waals surface area contributed by atoms with Crippen LogP contribution in [-0.2, 0) is 16.6 Å². The first-order valence-corrected chi connectivity index (χ1v) is 13.6. The number of halogens is 1. The van der Waals surface area contributed by atoms with Gasteiger partial charge in [0.25, 0.3) is 0 Å². The highest BCUT2D eigenvalue weighted by atomic mass is 19.1. The van der Waals surface area contributed by atoms with Crippen molar-refractivity contribution in [2.75, 3.05) is 45.1 Å². The van der Waals surface area contributed by atoms with Gasteiger partial charge in [-0.1, -0.05) is 76.9 Å². The van der Waals surface area contributed by atoms with Crippen molar-refractivity contribution in [1.29, 1.82) is 0 Å². The van der Waals surface area contributed by atoms with Gasteiger partial charge in [0.2, 0.25) is 5.91 Å². The van der Waals surface area contributed by atoms with Crippen molar-refractivity contribution >= 4 is 11.6 Å². The number of carbonyl (C=O) groups excluding carboxylic acids is 1. The molecule has 7 heteroatoms. The van der Waals surface area contributed by atoms with Crippen LogP contribution in [0.2, 0.25) is 0 Å². The number of hydrogen-bond acceptors (Lipinski definition) is 5. The SMILES string of the molecule is C=C(CC)NC(Cc1ccc(NC(=O)CNC(=C)C(C)(C)c2ccccc2)c(F)c1)C(=C)N1CCN(C)CC1. The fourth-order valence-corrected chi connectivity index (χ4v) is 4.57. The maximum absolute atomic E-state index is 15.1. The second-order valence-corrected chi connectivity index (χ2v) is 10.8. The lowest BCUT2D eigenvalue weighted by Crippen LogP contribution is -2.48.